The zero-order valence-corrected chi connectivity index (χ0v) is 19.1. The minimum atomic E-state index is 0.138. The second-order valence-electron chi connectivity index (χ2n) is 10.3. The molecular weight excluding hydrogens is 328 g/mol. The van der Waals surface area contributed by atoms with Crippen molar-refractivity contribution in [2.45, 2.75) is 74.3 Å². The summed E-state index contributed by atoms with van der Waals surface area (Å²) in [7, 11) is 2.26. The highest BCUT2D eigenvalue weighted by molar-refractivity contribution is 5.58. The van der Waals surface area contributed by atoms with E-state index in [1.165, 1.54) is 33.8 Å². The van der Waals surface area contributed by atoms with E-state index in [1.54, 1.807) is 0 Å². The zero-order chi connectivity index (χ0) is 20.4. The number of allylic oxidation sites excluding steroid dienone is 2. The topological polar surface area (TPSA) is 6.48 Å². The van der Waals surface area contributed by atoms with E-state index in [0.717, 1.165) is 13.0 Å². The van der Waals surface area contributed by atoms with Crippen molar-refractivity contribution in [3.8, 4) is 0 Å². The van der Waals surface area contributed by atoms with E-state index in [9.17, 15) is 0 Å². The third-order valence-corrected chi connectivity index (χ3v) is 8.25. The number of hydrogen-bond acceptors (Lipinski definition) is 2. The lowest BCUT2D eigenvalue weighted by Gasteiger charge is -2.42. The second-order valence-corrected chi connectivity index (χ2v) is 10.3. The molecule has 0 aromatic heterocycles. The summed E-state index contributed by atoms with van der Waals surface area (Å²) in [6.45, 7) is 22.1. The molecule has 0 atom stereocenters. The van der Waals surface area contributed by atoms with Gasteiger partial charge in [-0.05, 0) is 63.5 Å². The van der Waals surface area contributed by atoms with Crippen molar-refractivity contribution in [1.29, 1.82) is 0 Å². The molecule has 2 nitrogen and oxygen atoms in total. The van der Waals surface area contributed by atoms with Gasteiger partial charge >= 0.3 is 0 Å². The molecule has 2 aliphatic heterocycles. The monoisotopic (exact) mass is 366 g/mol. The van der Waals surface area contributed by atoms with Crippen molar-refractivity contribution >= 4 is 5.69 Å². The van der Waals surface area contributed by atoms with Crippen LogP contribution in [0.4, 0.5) is 5.69 Å². The SMILES string of the molecule is CC1=C(C)C(C)(C)CN1c1cccc(CC2=C(C)C(C)(C)C(C)(C)N2C)c1. The van der Waals surface area contributed by atoms with Gasteiger partial charge in [0.15, 0.2) is 0 Å². The van der Waals surface area contributed by atoms with Gasteiger partial charge in [-0.2, -0.15) is 0 Å². The molecule has 3 rings (SSSR count). The molecule has 0 radical (unpaired) electrons. The molecule has 0 aliphatic carbocycles. The number of likely N-dealkylation sites (N-methyl/N-ethyl adjacent to an activating group) is 1. The van der Waals surface area contributed by atoms with Gasteiger partial charge in [0.2, 0.25) is 0 Å². The minimum absolute atomic E-state index is 0.138. The van der Waals surface area contributed by atoms with Crippen LogP contribution in [0.2, 0.25) is 0 Å². The van der Waals surface area contributed by atoms with E-state index in [-0.39, 0.29) is 16.4 Å². The van der Waals surface area contributed by atoms with E-state index in [0.29, 0.717) is 0 Å². The van der Waals surface area contributed by atoms with Gasteiger partial charge in [-0.3, -0.25) is 0 Å². The summed E-state index contributed by atoms with van der Waals surface area (Å²) in [5.41, 5.74) is 9.22. The van der Waals surface area contributed by atoms with E-state index < -0.39 is 0 Å². The smallest absolute Gasteiger partial charge is 0.0428 e. The fourth-order valence-electron chi connectivity index (χ4n) is 4.72. The lowest BCUT2D eigenvalue weighted by atomic mass is 9.72. The highest BCUT2D eigenvalue weighted by atomic mass is 15.2. The summed E-state index contributed by atoms with van der Waals surface area (Å²) < 4.78 is 0. The van der Waals surface area contributed by atoms with Crippen molar-refractivity contribution < 1.29 is 0 Å². The Bertz CT molecular complexity index is 820. The summed E-state index contributed by atoms with van der Waals surface area (Å²) in [5.74, 6) is 0. The van der Waals surface area contributed by atoms with Gasteiger partial charge in [-0.25, -0.2) is 0 Å². The average Bonchev–Trinajstić information content (AvgIpc) is 2.86. The van der Waals surface area contributed by atoms with E-state index >= 15 is 0 Å². The largest absolute Gasteiger partial charge is 0.372 e. The lowest BCUT2D eigenvalue weighted by Crippen LogP contribution is -2.46. The molecule has 148 valence electrons. The maximum absolute atomic E-state index is 2.50. The van der Waals surface area contributed by atoms with Gasteiger partial charge in [0.1, 0.15) is 0 Å². The molecule has 0 spiro atoms. The van der Waals surface area contributed by atoms with Crippen molar-refractivity contribution in [2.75, 3.05) is 18.5 Å². The predicted molar refractivity (Wildman–Crippen MR) is 118 cm³/mol. The molecular formula is C25H38N2. The Kier molecular flexibility index (Phi) is 4.57. The number of nitrogens with zero attached hydrogens (tertiary/aromatic N) is 2. The Morgan fingerprint density at radius 3 is 2.04 bits per heavy atom. The Morgan fingerprint density at radius 2 is 1.56 bits per heavy atom. The molecule has 0 saturated heterocycles. The molecule has 0 saturated carbocycles. The molecule has 1 aromatic carbocycles. The van der Waals surface area contributed by atoms with Crippen LogP contribution in [0.5, 0.6) is 0 Å². The third-order valence-electron chi connectivity index (χ3n) is 8.25. The summed E-state index contributed by atoms with van der Waals surface area (Å²) in [6, 6.07) is 9.16. The van der Waals surface area contributed by atoms with Crippen LogP contribution < -0.4 is 4.90 Å². The first-order chi connectivity index (χ1) is 12.3. The van der Waals surface area contributed by atoms with Crippen LogP contribution in [0.1, 0.15) is 67.9 Å². The fraction of sp³-hybridized carbons (Fsp3) is 0.600. The average molecular weight is 367 g/mol. The molecule has 2 aliphatic rings. The molecule has 1 aromatic rings. The van der Waals surface area contributed by atoms with Gasteiger partial charge in [0.25, 0.3) is 0 Å². The first-order valence-corrected chi connectivity index (χ1v) is 10.3. The number of benzene rings is 1. The first-order valence-electron chi connectivity index (χ1n) is 10.3. The van der Waals surface area contributed by atoms with E-state index in [1.807, 2.05) is 0 Å². The molecule has 0 amide bonds. The van der Waals surface area contributed by atoms with Crippen LogP contribution in [0.3, 0.4) is 0 Å². The van der Waals surface area contributed by atoms with Crippen molar-refractivity contribution in [3.05, 3.63) is 52.4 Å². The van der Waals surface area contributed by atoms with E-state index in [4.69, 9.17) is 0 Å². The normalized spacial score (nSPS) is 23.6. The van der Waals surface area contributed by atoms with Crippen molar-refractivity contribution in [3.63, 3.8) is 0 Å². The summed E-state index contributed by atoms with van der Waals surface area (Å²) >= 11 is 0. The summed E-state index contributed by atoms with van der Waals surface area (Å²) in [6.07, 6.45) is 1.00. The Labute approximate surface area is 166 Å². The molecule has 0 bridgehead atoms. The maximum atomic E-state index is 2.50. The highest BCUT2D eigenvalue weighted by Crippen LogP contribution is 2.50. The van der Waals surface area contributed by atoms with Crippen LogP contribution in [0, 0.1) is 10.8 Å². The molecule has 0 N–H and O–H groups in total. The number of hydrogen-bond donors (Lipinski definition) is 0. The lowest BCUT2D eigenvalue weighted by molar-refractivity contribution is 0.120. The molecule has 0 unspecified atom stereocenters. The Hall–Kier alpha value is -1.70. The molecule has 0 fully saturated rings. The van der Waals surface area contributed by atoms with Crippen LogP contribution >= 0.6 is 0 Å². The minimum Gasteiger partial charge on any atom is -0.372 e. The Balaban J connectivity index is 1.92. The van der Waals surface area contributed by atoms with Crippen molar-refractivity contribution in [2.24, 2.45) is 10.8 Å². The van der Waals surface area contributed by atoms with Gasteiger partial charge in [0, 0.05) is 53.5 Å². The quantitative estimate of drug-likeness (QED) is 0.611. The van der Waals surface area contributed by atoms with Gasteiger partial charge in [0.05, 0.1) is 0 Å². The summed E-state index contributed by atoms with van der Waals surface area (Å²) in [5, 5.41) is 0. The first kappa shape index (κ1) is 20.0. The maximum Gasteiger partial charge on any atom is 0.0428 e. The molecule has 2 heterocycles. The highest BCUT2D eigenvalue weighted by Gasteiger charge is 2.48. The van der Waals surface area contributed by atoms with Gasteiger partial charge < -0.3 is 9.80 Å². The second kappa shape index (κ2) is 6.15. The van der Waals surface area contributed by atoms with Crippen LogP contribution in [-0.2, 0) is 6.42 Å². The Morgan fingerprint density at radius 1 is 0.926 bits per heavy atom. The number of rotatable bonds is 3. The fourth-order valence-corrected chi connectivity index (χ4v) is 4.72. The van der Waals surface area contributed by atoms with Gasteiger partial charge in [-0.1, -0.05) is 39.8 Å². The standard InChI is InChI=1S/C25H38N2/c1-17-19(3)27(16-23(17,4)5)21-13-11-12-20(14-21)15-22-18(2)24(6,7)25(8,9)26(22)10/h11-14H,15-16H2,1-10H3. The van der Waals surface area contributed by atoms with Gasteiger partial charge in [-0.15, -0.1) is 0 Å². The van der Waals surface area contributed by atoms with E-state index in [2.05, 4.69) is 103 Å². The zero-order valence-electron chi connectivity index (χ0n) is 19.1. The molecule has 2 heteroatoms. The third kappa shape index (κ3) is 2.92. The van der Waals surface area contributed by atoms with Crippen LogP contribution in [0.25, 0.3) is 0 Å². The predicted octanol–water partition coefficient (Wildman–Crippen LogP) is 6.39. The summed E-state index contributed by atoms with van der Waals surface area (Å²) in [4.78, 5) is 5.00. The molecule has 27 heavy (non-hydrogen) atoms. The van der Waals surface area contributed by atoms with Crippen molar-refractivity contribution in [1.82, 2.24) is 4.90 Å². The van der Waals surface area contributed by atoms with Crippen LogP contribution in [-0.4, -0.2) is 24.0 Å². The number of anilines is 1. The van der Waals surface area contributed by atoms with Crippen LogP contribution in [0.15, 0.2) is 46.8 Å².